The van der Waals surface area contributed by atoms with Crippen molar-refractivity contribution in [1.82, 2.24) is 9.88 Å². The van der Waals surface area contributed by atoms with Gasteiger partial charge in [0, 0.05) is 32.0 Å². The third-order valence-electron chi connectivity index (χ3n) is 5.06. The highest BCUT2D eigenvalue weighted by atomic mass is 19.4. The van der Waals surface area contributed by atoms with Gasteiger partial charge in [-0.05, 0) is 43.2 Å². The molecule has 4 nitrogen and oxygen atoms in total. The van der Waals surface area contributed by atoms with Crippen LogP contribution in [0.3, 0.4) is 0 Å². The number of rotatable bonds is 2. The van der Waals surface area contributed by atoms with Gasteiger partial charge in [0.2, 0.25) is 0 Å². The fourth-order valence-corrected chi connectivity index (χ4v) is 3.57. The minimum Gasteiger partial charge on any atom is -0.381 e. The number of carbonyl (C=O) groups is 1. The third-order valence-corrected chi connectivity index (χ3v) is 5.06. The van der Waals surface area contributed by atoms with E-state index in [1.54, 1.807) is 12.0 Å². The lowest BCUT2D eigenvalue weighted by molar-refractivity contribution is -0.141. The van der Waals surface area contributed by atoms with Crippen LogP contribution in [-0.4, -0.2) is 42.1 Å². The molecule has 0 bridgehead atoms. The number of ether oxygens (including phenoxy) is 1. The van der Waals surface area contributed by atoms with Crippen LogP contribution in [-0.2, 0) is 10.9 Å². The van der Waals surface area contributed by atoms with Crippen molar-refractivity contribution in [2.24, 2.45) is 5.41 Å². The molecule has 1 amide bonds. The van der Waals surface area contributed by atoms with Crippen molar-refractivity contribution < 1.29 is 22.7 Å². The van der Waals surface area contributed by atoms with Gasteiger partial charge in [-0.2, -0.15) is 13.2 Å². The molecule has 1 saturated heterocycles. The van der Waals surface area contributed by atoms with Crippen molar-refractivity contribution in [3.05, 3.63) is 29.6 Å². The summed E-state index contributed by atoms with van der Waals surface area (Å²) in [6, 6.07) is 2.17. The minimum atomic E-state index is -4.54. The summed E-state index contributed by atoms with van der Waals surface area (Å²) in [4.78, 5) is 17.4. The molecule has 0 atom stereocenters. The number of nitrogens with zero attached hydrogens (tertiary/aromatic N) is 2. The Morgan fingerprint density at radius 3 is 2.57 bits per heavy atom. The third kappa shape index (κ3) is 3.20. The molecule has 1 saturated carbocycles. The predicted molar refractivity (Wildman–Crippen MR) is 76.8 cm³/mol. The lowest BCUT2D eigenvalue weighted by atomic mass is 9.61. The number of aromatic nitrogens is 1. The maximum atomic E-state index is 12.7. The topological polar surface area (TPSA) is 42.4 Å². The van der Waals surface area contributed by atoms with Gasteiger partial charge in [0.15, 0.2) is 0 Å². The first-order valence-electron chi connectivity index (χ1n) is 7.68. The first kappa shape index (κ1) is 16.2. The van der Waals surface area contributed by atoms with Crippen LogP contribution in [0.1, 0.15) is 41.7 Å². The number of amides is 1. The van der Waals surface area contributed by atoms with E-state index in [1.165, 1.54) is 6.07 Å². The second-order valence-electron chi connectivity index (χ2n) is 6.49. The van der Waals surface area contributed by atoms with Crippen LogP contribution in [0.2, 0.25) is 0 Å². The zero-order chi connectivity index (χ0) is 16.7. The average Bonchev–Trinajstić information content (AvgIpc) is 2.51. The summed E-state index contributed by atoms with van der Waals surface area (Å²) >= 11 is 0. The van der Waals surface area contributed by atoms with Crippen molar-refractivity contribution in [2.75, 3.05) is 20.2 Å². The summed E-state index contributed by atoms with van der Waals surface area (Å²) in [6.07, 6.45) is 0.607. The van der Waals surface area contributed by atoms with E-state index in [1.807, 2.05) is 0 Å². The Hall–Kier alpha value is -1.63. The van der Waals surface area contributed by atoms with E-state index in [9.17, 15) is 18.0 Å². The minimum absolute atomic E-state index is 0.0478. The molecule has 0 N–H and O–H groups in total. The predicted octanol–water partition coefficient (Wildman–Crippen LogP) is 3.13. The molecule has 7 heteroatoms. The Morgan fingerprint density at radius 1 is 1.35 bits per heavy atom. The summed E-state index contributed by atoms with van der Waals surface area (Å²) in [6.45, 7) is 1.16. The van der Waals surface area contributed by atoms with E-state index in [-0.39, 0.29) is 16.9 Å². The fourth-order valence-electron chi connectivity index (χ4n) is 3.57. The highest BCUT2D eigenvalue weighted by molar-refractivity contribution is 5.94. The maximum Gasteiger partial charge on any atom is 0.433 e. The average molecular weight is 328 g/mol. The molecule has 23 heavy (non-hydrogen) atoms. The normalized spacial score (nSPS) is 21.3. The number of piperidine rings is 1. The van der Waals surface area contributed by atoms with Crippen LogP contribution >= 0.6 is 0 Å². The molecule has 1 aromatic heterocycles. The van der Waals surface area contributed by atoms with E-state index >= 15 is 0 Å². The number of hydrogen-bond acceptors (Lipinski definition) is 3. The second-order valence-corrected chi connectivity index (χ2v) is 6.49. The quantitative estimate of drug-likeness (QED) is 0.838. The zero-order valence-corrected chi connectivity index (χ0v) is 12.9. The molecular formula is C16H19F3N2O2. The van der Waals surface area contributed by atoms with Gasteiger partial charge in [-0.1, -0.05) is 0 Å². The van der Waals surface area contributed by atoms with Gasteiger partial charge in [-0.3, -0.25) is 9.78 Å². The molecule has 0 aromatic carbocycles. The number of halogens is 3. The van der Waals surface area contributed by atoms with Crippen molar-refractivity contribution in [3.63, 3.8) is 0 Å². The number of likely N-dealkylation sites (tertiary alicyclic amines) is 1. The molecule has 2 fully saturated rings. The smallest absolute Gasteiger partial charge is 0.381 e. The molecule has 126 valence electrons. The van der Waals surface area contributed by atoms with Gasteiger partial charge in [0.1, 0.15) is 5.69 Å². The fraction of sp³-hybridized carbons (Fsp3) is 0.625. The summed E-state index contributed by atoms with van der Waals surface area (Å²) in [7, 11) is 1.71. The van der Waals surface area contributed by atoms with E-state index in [0.29, 0.717) is 19.2 Å². The molecule has 0 unspecified atom stereocenters. The molecule has 2 heterocycles. The summed E-state index contributed by atoms with van der Waals surface area (Å²) in [5.74, 6) is -0.352. The second kappa shape index (κ2) is 5.78. The Kier molecular flexibility index (Phi) is 4.08. The Morgan fingerprint density at radius 2 is 2.00 bits per heavy atom. The van der Waals surface area contributed by atoms with Crippen LogP contribution in [0.4, 0.5) is 13.2 Å². The van der Waals surface area contributed by atoms with Crippen molar-refractivity contribution in [1.29, 1.82) is 0 Å². The van der Waals surface area contributed by atoms with Gasteiger partial charge in [-0.15, -0.1) is 0 Å². The SMILES string of the molecule is COC1CC2(CCN(C(=O)c3ccnc(C(F)(F)F)c3)CC2)C1. The van der Waals surface area contributed by atoms with Gasteiger partial charge in [-0.25, -0.2) is 0 Å². The largest absolute Gasteiger partial charge is 0.433 e. The van der Waals surface area contributed by atoms with Gasteiger partial charge in [0.05, 0.1) is 6.10 Å². The summed E-state index contributed by atoms with van der Waals surface area (Å²) in [5.41, 5.74) is -0.724. The number of alkyl halides is 3. The van der Waals surface area contributed by atoms with Crippen LogP contribution in [0, 0.1) is 5.41 Å². The van der Waals surface area contributed by atoms with E-state index in [2.05, 4.69) is 4.98 Å². The number of hydrogen-bond donors (Lipinski definition) is 0. The highest BCUT2D eigenvalue weighted by Gasteiger charge is 2.46. The zero-order valence-electron chi connectivity index (χ0n) is 12.9. The molecule has 1 aromatic rings. The van der Waals surface area contributed by atoms with Crippen LogP contribution in [0.5, 0.6) is 0 Å². The van der Waals surface area contributed by atoms with Crippen LogP contribution < -0.4 is 0 Å². The van der Waals surface area contributed by atoms with E-state index < -0.39 is 11.9 Å². The Labute approximate surface area is 132 Å². The summed E-state index contributed by atoms with van der Waals surface area (Å²) in [5, 5.41) is 0. The number of methoxy groups -OCH3 is 1. The molecular weight excluding hydrogens is 309 g/mol. The van der Waals surface area contributed by atoms with Crippen molar-refractivity contribution >= 4 is 5.91 Å². The van der Waals surface area contributed by atoms with Crippen molar-refractivity contribution in [2.45, 2.75) is 38.0 Å². The van der Waals surface area contributed by atoms with Crippen LogP contribution in [0.15, 0.2) is 18.3 Å². The summed E-state index contributed by atoms with van der Waals surface area (Å²) < 4.78 is 43.4. The molecule has 2 aliphatic rings. The maximum absolute atomic E-state index is 12.7. The Bertz CT molecular complexity index is 587. The first-order chi connectivity index (χ1) is 10.8. The standard InChI is InChI=1S/C16H19F3N2O2/c1-23-12-9-15(10-12)3-6-21(7-4-15)14(22)11-2-5-20-13(8-11)16(17,18)19/h2,5,8,12H,3-4,6-7,9-10H2,1H3. The van der Waals surface area contributed by atoms with Crippen molar-refractivity contribution in [3.8, 4) is 0 Å². The monoisotopic (exact) mass is 328 g/mol. The molecule has 1 aliphatic heterocycles. The van der Waals surface area contributed by atoms with Crippen LogP contribution in [0.25, 0.3) is 0 Å². The molecule has 0 radical (unpaired) electrons. The van der Waals surface area contributed by atoms with E-state index in [4.69, 9.17) is 4.74 Å². The Balaban J connectivity index is 1.64. The number of carbonyl (C=O) groups excluding carboxylic acids is 1. The number of pyridine rings is 1. The van der Waals surface area contributed by atoms with Gasteiger partial charge in [0.25, 0.3) is 5.91 Å². The molecule has 3 rings (SSSR count). The lowest BCUT2D eigenvalue weighted by Crippen LogP contribution is -2.50. The van der Waals surface area contributed by atoms with Gasteiger partial charge >= 0.3 is 6.18 Å². The van der Waals surface area contributed by atoms with E-state index in [0.717, 1.165) is 37.9 Å². The lowest BCUT2D eigenvalue weighted by Gasteiger charge is -2.51. The highest BCUT2D eigenvalue weighted by Crippen LogP contribution is 2.50. The molecule has 1 spiro atoms. The first-order valence-corrected chi connectivity index (χ1v) is 7.68. The molecule has 1 aliphatic carbocycles. The van der Waals surface area contributed by atoms with Gasteiger partial charge < -0.3 is 9.64 Å².